The highest BCUT2D eigenvalue weighted by atomic mass is 32.2. The van der Waals surface area contributed by atoms with Crippen molar-refractivity contribution in [2.75, 3.05) is 11.5 Å². The fraction of sp³-hybridized carbons (Fsp3) is 1.00. The molecular weight excluding hydrogens is 208 g/mol. The molecule has 0 aliphatic carbocycles. The van der Waals surface area contributed by atoms with Gasteiger partial charge in [-0.1, -0.05) is 0 Å². The first-order chi connectivity index (χ1) is 5.41. The molecule has 1 unspecified atom stereocenters. The van der Waals surface area contributed by atoms with E-state index in [4.69, 9.17) is 9.66 Å². The standard InChI is InChI=1S/C4H8O6S2/c5-3-1-12(8,9)2-4(3)10-11(6)7/h3-5H,1-2H2,(H,6,7)/t3-,4+/m0/s1. The second-order valence-corrected chi connectivity index (χ2v) is 5.28. The van der Waals surface area contributed by atoms with Crippen LogP contribution in [0.4, 0.5) is 0 Å². The minimum atomic E-state index is -3.31. The van der Waals surface area contributed by atoms with Gasteiger partial charge >= 0.3 is 11.4 Å². The molecule has 6 nitrogen and oxygen atoms in total. The Morgan fingerprint density at radius 1 is 1.42 bits per heavy atom. The summed E-state index contributed by atoms with van der Waals surface area (Å²) in [5, 5.41) is 9.02. The molecule has 0 aromatic rings. The van der Waals surface area contributed by atoms with Crippen LogP contribution in [-0.4, -0.2) is 46.0 Å². The molecule has 0 aromatic carbocycles. The maximum atomic E-state index is 10.8. The van der Waals surface area contributed by atoms with Crippen molar-refractivity contribution in [3.63, 3.8) is 0 Å². The van der Waals surface area contributed by atoms with E-state index in [-0.39, 0.29) is 0 Å². The van der Waals surface area contributed by atoms with E-state index < -0.39 is 44.9 Å². The van der Waals surface area contributed by atoms with E-state index >= 15 is 0 Å². The van der Waals surface area contributed by atoms with Crippen LogP contribution in [0, 0.1) is 0 Å². The zero-order chi connectivity index (χ0) is 9.35. The van der Waals surface area contributed by atoms with Gasteiger partial charge in [0.05, 0.1) is 17.6 Å². The molecule has 0 saturated carbocycles. The van der Waals surface area contributed by atoms with Crippen molar-refractivity contribution in [3.05, 3.63) is 0 Å². The molecule has 72 valence electrons. The van der Waals surface area contributed by atoms with Crippen LogP contribution in [0.1, 0.15) is 0 Å². The zero-order valence-electron chi connectivity index (χ0n) is 5.91. The molecule has 3 atom stereocenters. The van der Waals surface area contributed by atoms with Gasteiger partial charge in [-0.05, 0) is 0 Å². The number of aliphatic hydroxyl groups is 1. The van der Waals surface area contributed by atoms with Crippen molar-refractivity contribution in [1.29, 1.82) is 0 Å². The normalized spacial score (nSPS) is 36.5. The monoisotopic (exact) mass is 216 g/mol. The van der Waals surface area contributed by atoms with Crippen LogP contribution in [0.25, 0.3) is 0 Å². The van der Waals surface area contributed by atoms with Gasteiger partial charge in [0.1, 0.15) is 6.10 Å². The third-order valence-electron chi connectivity index (χ3n) is 1.48. The smallest absolute Gasteiger partial charge is 0.302 e. The van der Waals surface area contributed by atoms with Gasteiger partial charge in [-0.25, -0.2) is 8.42 Å². The number of rotatable bonds is 2. The summed E-state index contributed by atoms with van der Waals surface area (Å²) in [4.78, 5) is 0. The van der Waals surface area contributed by atoms with E-state index in [2.05, 4.69) is 4.18 Å². The van der Waals surface area contributed by atoms with E-state index in [1.807, 2.05) is 0 Å². The third kappa shape index (κ3) is 2.49. The quantitative estimate of drug-likeness (QED) is 0.533. The number of aliphatic hydroxyl groups excluding tert-OH is 1. The largest absolute Gasteiger partial charge is 0.389 e. The summed E-state index contributed by atoms with van der Waals surface area (Å²) < 4.78 is 44.2. The van der Waals surface area contributed by atoms with Crippen LogP contribution in [-0.2, 0) is 25.4 Å². The topological polar surface area (TPSA) is 101 Å². The summed E-state index contributed by atoms with van der Waals surface area (Å²) in [5.74, 6) is -0.810. The van der Waals surface area contributed by atoms with Gasteiger partial charge in [-0.15, -0.1) is 0 Å². The van der Waals surface area contributed by atoms with E-state index in [1.165, 1.54) is 0 Å². The predicted molar refractivity (Wildman–Crippen MR) is 40.3 cm³/mol. The van der Waals surface area contributed by atoms with Crippen LogP contribution >= 0.6 is 0 Å². The minimum Gasteiger partial charge on any atom is -0.389 e. The lowest BCUT2D eigenvalue weighted by molar-refractivity contribution is 0.0766. The van der Waals surface area contributed by atoms with Gasteiger partial charge in [-0.3, -0.25) is 8.74 Å². The summed E-state index contributed by atoms with van der Waals surface area (Å²) in [6.07, 6.45) is -2.29. The van der Waals surface area contributed by atoms with Gasteiger partial charge in [-0.2, -0.15) is 4.21 Å². The molecular formula is C4H8O6S2. The van der Waals surface area contributed by atoms with Gasteiger partial charge in [0.2, 0.25) is 0 Å². The Hall–Kier alpha value is -0.0200. The molecule has 1 rings (SSSR count). The molecule has 12 heavy (non-hydrogen) atoms. The second-order valence-electron chi connectivity index (χ2n) is 2.50. The van der Waals surface area contributed by atoms with Crippen LogP contribution in [0.3, 0.4) is 0 Å². The Balaban J connectivity index is 2.64. The number of hydrogen-bond acceptors (Lipinski definition) is 5. The van der Waals surface area contributed by atoms with Crippen LogP contribution in [0.15, 0.2) is 0 Å². The van der Waals surface area contributed by atoms with Crippen molar-refractivity contribution in [1.82, 2.24) is 0 Å². The summed E-state index contributed by atoms with van der Waals surface area (Å²) in [5.41, 5.74) is 0. The Bertz CT molecular complexity index is 282. The first-order valence-corrected chi connectivity index (χ1v) is 5.92. The molecule has 1 aliphatic heterocycles. The molecule has 0 radical (unpaired) electrons. The molecule has 2 N–H and O–H groups in total. The fourth-order valence-electron chi connectivity index (χ4n) is 0.995. The van der Waals surface area contributed by atoms with E-state index in [1.54, 1.807) is 0 Å². The average molecular weight is 216 g/mol. The molecule has 1 heterocycles. The maximum absolute atomic E-state index is 10.8. The second kappa shape index (κ2) is 3.38. The van der Waals surface area contributed by atoms with Crippen LogP contribution < -0.4 is 0 Å². The molecule has 8 heteroatoms. The molecule has 1 fully saturated rings. The summed E-state index contributed by atoms with van der Waals surface area (Å²) >= 11 is -2.53. The first-order valence-electron chi connectivity index (χ1n) is 3.07. The average Bonchev–Trinajstić information content (AvgIpc) is 2.03. The van der Waals surface area contributed by atoms with E-state index in [9.17, 15) is 12.6 Å². The molecule has 1 saturated heterocycles. The lowest BCUT2D eigenvalue weighted by Crippen LogP contribution is -2.27. The summed E-state index contributed by atoms with van der Waals surface area (Å²) in [7, 11) is -3.31. The maximum Gasteiger partial charge on any atom is 0.302 e. The molecule has 0 amide bonds. The Kier molecular flexibility index (Phi) is 2.84. The minimum absolute atomic E-state index is 0.402. The molecule has 0 spiro atoms. The first kappa shape index (κ1) is 10.1. The van der Waals surface area contributed by atoms with Crippen molar-refractivity contribution in [3.8, 4) is 0 Å². The van der Waals surface area contributed by atoms with Gasteiger partial charge in [0.15, 0.2) is 9.84 Å². The highest BCUT2D eigenvalue weighted by Crippen LogP contribution is 2.16. The number of sulfone groups is 1. The van der Waals surface area contributed by atoms with Crippen molar-refractivity contribution < 1.29 is 26.5 Å². The lowest BCUT2D eigenvalue weighted by atomic mass is 10.3. The van der Waals surface area contributed by atoms with Crippen LogP contribution in [0.2, 0.25) is 0 Å². The Labute approximate surface area is 71.9 Å². The number of hydrogen-bond donors (Lipinski definition) is 2. The van der Waals surface area contributed by atoms with Crippen molar-refractivity contribution in [2.45, 2.75) is 12.2 Å². The van der Waals surface area contributed by atoms with Gasteiger partial charge in [0.25, 0.3) is 0 Å². The molecule has 0 aromatic heterocycles. The Morgan fingerprint density at radius 3 is 2.33 bits per heavy atom. The summed E-state index contributed by atoms with van der Waals surface area (Å²) in [6.45, 7) is 0. The molecule has 1 aliphatic rings. The van der Waals surface area contributed by atoms with E-state index in [0.29, 0.717) is 0 Å². The zero-order valence-corrected chi connectivity index (χ0v) is 7.55. The van der Waals surface area contributed by atoms with Crippen LogP contribution in [0.5, 0.6) is 0 Å². The van der Waals surface area contributed by atoms with Crippen molar-refractivity contribution >= 4 is 21.2 Å². The highest BCUT2D eigenvalue weighted by Gasteiger charge is 2.38. The van der Waals surface area contributed by atoms with Crippen molar-refractivity contribution in [2.24, 2.45) is 0 Å². The van der Waals surface area contributed by atoms with Gasteiger partial charge < -0.3 is 5.11 Å². The lowest BCUT2D eigenvalue weighted by Gasteiger charge is -2.08. The van der Waals surface area contributed by atoms with E-state index in [0.717, 1.165) is 0 Å². The summed E-state index contributed by atoms with van der Waals surface area (Å²) in [6, 6.07) is 0. The SMILES string of the molecule is O=S(O)O[C@@H]1CS(=O)(=O)C[C@@H]1O. The van der Waals surface area contributed by atoms with Gasteiger partial charge in [0, 0.05) is 0 Å². The molecule has 0 bridgehead atoms. The third-order valence-corrected chi connectivity index (χ3v) is 3.58. The fourth-order valence-corrected chi connectivity index (χ4v) is 3.15. The predicted octanol–water partition coefficient (Wildman–Crippen LogP) is -1.70. The highest BCUT2D eigenvalue weighted by molar-refractivity contribution is 7.91. The Morgan fingerprint density at radius 2 is 2.00 bits per heavy atom.